The van der Waals surface area contributed by atoms with E-state index in [1.165, 1.54) is 41.7 Å². The van der Waals surface area contributed by atoms with Crippen molar-refractivity contribution in [2.75, 3.05) is 18.0 Å². The summed E-state index contributed by atoms with van der Waals surface area (Å²) in [4.78, 5) is 2.51. The quantitative estimate of drug-likeness (QED) is 0.890. The summed E-state index contributed by atoms with van der Waals surface area (Å²) in [5, 5.41) is 0. The Hall–Kier alpha value is -0.540. The lowest BCUT2D eigenvalue weighted by Crippen LogP contribution is -2.35. The van der Waals surface area contributed by atoms with Crippen LogP contribution in [-0.4, -0.2) is 19.1 Å². The molecule has 0 saturated carbocycles. The molecule has 1 aromatic carbocycles. The second-order valence-corrected chi connectivity index (χ2v) is 7.38. The molecule has 0 aromatic heterocycles. The van der Waals surface area contributed by atoms with Crippen LogP contribution in [0.1, 0.15) is 39.2 Å². The SMILES string of the molecule is CC(N)Cc1ccc(N2CCC(C(C)C)CC2)cc1Br. The van der Waals surface area contributed by atoms with E-state index in [-0.39, 0.29) is 6.04 Å². The largest absolute Gasteiger partial charge is 0.371 e. The fraction of sp³-hybridized carbons (Fsp3) is 0.647. The van der Waals surface area contributed by atoms with Gasteiger partial charge in [0, 0.05) is 29.3 Å². The van der Waals surface area contributed by atoms with E-state index in [1.807, 2.05) is 0 Å². The van der Waals surface area contributed by atoms with Crippen molar-refractivity contribution in [2.24, 2.45) is 17.6 Å². The summed E-state index contributed by atoms with van der Waals surface area (Å²) in [5.74, 6) is 1.71. The van der Waals surface area contributed by atoms with E-state index in [0.717, 1.165) is 18.3 Å². The Balaban J connectivity index is 2.02. The van der Waals surface area contributed by atoms with Crippen molar-refractivity contribution in [3.63, 3.8) is 0 Å². The molecular formula is C17H27BrN2. The molecule has 0 radical (unpaired) electrons. The van der Waals surface area contributed by atoms with Gasteiger partial charge in [0.05, 0.1) is 0 Å². The highest BCUT2D eigenvalue weighted by molar-refractivity contribution is 9.10. The zero-order valence-electron chi connectivity index (χ0n) is 12.9. The Morgan fingerprint density at radius 2 is 1.90 bits per heavy atom. The first kappa shape index (κ1) is 15.8. The molecule has 1 aliphatic heterocycles. The Bertz CT molecular complexity index is 435. The molecule has 2 nitrogen and oxygen atoms in total. The third kappa shape index (κ3) is 3.98. The topological polar surface area (TPSA) is 29.3 Å². The summed E-state index contributed by atoms with van der Waals surface area (Å²) in [5.41, 5.74) is 8.53. The molecule has 0 amide bonds. The van der Waals surface area contributed by atoms with E-state index in [9.17, 15) is 0 Å². The Morgan fingerprint density at radius 3 is 2.40 bits per heavy atom. The van der Waals surface area contributed by atoms with Crippen LogP contribution in [0, 0.1) is 11.8 Å². The maximum absolute atomic E-state index is 5.89. The highest BCUT2D eigenvalue weighted by Gasteiger charge is 2.22. The monoisotopic (exact) mass is 338 g/mol. The van der Waals surface area contributed by atoms with E-state index in [4.69, 9.17) is 5.73 Å². The summed E-state index contributed by atoms with van der Waals surface area (Å²) in [6.45, 7) is 9.11. The van der Waals surface area contributed by atoms with Gasteiger partial charge in [-0.3, -0.25) is 0 Å². The third-order valence-electron chi connectivity index (χ3n) is 4.43. The summed E-state index contributed by atoms with van der Waals surface area (Å²) in [7, 11) is 0. The predicted molar refractivity (Wildman–Crippen MR) is 91.3 cm³/mol. The van der Waals surface area contributed by atoms with Gasteiger partial charge < -0.3 is 10.6 Å². The number of piperidine rings is 1. The fourth-order valence-electron chi connectivity index (χ4n) is 3.07. The minimum atomic E-state index is 0.207. The zero-order valence-corrected chi connectivity index (χ0v) is 14.5. The second-order valence-electron chi connectivity index (χ2n) is 6.53. The van der Waals surface area contributed by atoms with Gasteiger partial charge in [0.25, 0.3) is 0 Å². The fourth-order valence-corrected chi connectivity index (χ4v) is 3.60. The van der Waals surface area contributed by atoms with Gasteiger partial charge in [0.2, 0.25) is 0 Å². The van der Waals surface area contributed by atoms with Crippen molar-refractivity contribution in [3.8, 4) is 0 Å². The Kier molecular flexibility index (Phi) is 5.50. The number of anilines is 1. The molecule has 1 aromatic rings. The minimum Gasteiger partial charge on any atom is -0.371 e. The molecule has 1 heterocycles. The van der Waals surface area contributed by atoms with Crippen molar-refractivity contribution in [3.05, 3.63) is 28.2 Å². The van der Waals surface area contributed by atoms with Gasteiger partial charge in [-0.25, -0.2) is 0 Å². The van der Waals surface area contributed by atoms with Gasteiger partial charge in [0.15, 0.2) is 0 Å². The number of nitrogens with two attached hydrogens (primary N) is 1. The first-order valence-electron chi connectivity index (χ1n) is 7.76. The van der Waals surface area contributed by atoms with Gasteiger partial charge in [-0.1, -0.05) is 35.8 Å². The van der Waals surface area contributed by atoms with Crippen LogP contribution in [0.4, 0.5) is 5.69 Å². The number of hydrogen-bond donors (Lipinski definition) is 1. The molecule has 0 aliphatic carbocycles. The molecule has 1 unspecified atom stereocenters. The average Bonchev–Trinajstić information content (AvgIpc) is 2.41. The van der Waals surface area contributed by atoms with Crippen molar-refractivity contribution >= 4 is 21.6 Å². The number of hydrogen-bond acceptors (Lipinski definition) is 2. The lowest BCUT2D eigenvalue weighted by atomic mass is 9.86. The van der Waals surface area contributed by atoms with Crippen LogP contribution < -0.4 is 10.6 Å². The molecule has 112 valence electrons. The zero-order chi connectivity index (χ0) is 14.7. The Morgan fingerprint density at radius 1 is 1.25 bits per heavy atom. The second kappa shape index (κ2) is 6.95. The molecule has 3 heteroatoms. The predicted octanol–water partition coefficient (Wildman–Crippen LogP) is 4.21. The molecule has 1 saturated heterocycles. The van der Waals surface area contributed by atoms with Gasteiger partial charge in [0.1, 0.15) is 0 Å². The van der Waals surface area contributed by atoms with Crippen LogP contribution in [0.2, 0.25) is 0 Å². The molecule has 0 spiro atoms. The van der Waals surface area contributed by atoms with E-state index < -0.39 is 0 Å². The van der Waals surface area contributed by atoms with Crippen LogP contribution in [0.15, 0.2) is 22.7 Å². The number of rotatable bonds is 4. The molecule has 20 heavy (non-hydrogen) atoms. The highest BCUT2D eigenvalue weighted by Crippen LogP contribution is 2.30. The molecule has 1 fully saturated rings. The van der Waals surface area contributed by atoms with E-state index in [0.29, 0.717) is 0 Å². The normalized spacial score (nSPS) is 18.6. The van der Waals surface area contributed by atoms with Crippen LogP contribution in [-0.2, 0) is 6.42 Å². The van der Waals surface area contributed by atoms with E-state index in [2.05, 4.69) is 59.8 Å². The molecular weight excluding hydrogens is 312 g/mol. The van der Waals surface area contributed by atoms with Crippen molar-refractivity contribution in [1.82, 2.24) is 0 Å². The van der Waals surface area contributed by atoms with Crippen molar-refractivity contribution in [2.45, 2.75) is 46.1 Å². The molecule has 2 N–H and O–H groups in total. The lowest BCUT2D eigenvalue weighted by Gasteiger charge is -2.35. The van der Waals surface area contributed by atoms with E-state index >= 15 is 0 Å². The van der Waals surface area contributed by atoms with Crippen LogP contribution >= 0.6 is 15.9 Å². The van der Waals surface area contributed by atoms with Gasteiger partial charge in [-0.05, 0) is 55.7 Å². The standard InChI is InChI=1S/C17H27BrN2/c1-12(2)14-6-8-20(9-7-14)16-5-4-15(10-13(3)19)17(18)11-16/h4-5,11-14H,6-10,19H2,1-3H3. The van der Waals surface area contributed by atoms with Gasteiger partial charge in [-0.15, -0.1) is 0 Å². The van der Waals surface area contributed by atoms with Crippen LogP contribution in [0.5, 0.6) is 0 Å². The van der Waals surface area contributed by atoms with Crippen LogP contribution in [0.25, 0.3) is 0 Å². The first-order valence-corrected chi connectivity index (χ1v) is 8.55. The average molecular weight is 339 g/mol. The molecule has 0 bridgehead atoms. The number of benzene rings is 1. The lowest BCUT2D eigenvalue weighted by molar-refractivity contribution is 0.311. The third-order valence-corrected chi connectivity index (χ3v) is 5.16. The molecule has 1 atom stereocenters. The maximum atomic E-state index is 5.89. The summed E-state index contributed by atoms with van der Waals surface area (Å²) >= 11 is 3.70. The summed E-state index contributed by atoms with van der Waals surface area (Å²) < 4.78 is 1.19. The van der Waals surface area contributed by atoms with Crippen molar-refractivity contribution < 1.29 is 0 Å². The molecule has 1 aliphatic rings. The van der Waals surface area contributed by atoms with Crippen molar-refractivity contribution in [1.29, 1.82) is 0 Å². The summed E-state index contributed by atoms with van der Waals surface area (Å²) in [6.07, 6.45) is 3.56. The smallest absolute Gasteiger partial charge is 0.0377 e. The molecule has 2 rings (SSSR count). The minimum absolute atomic E-state index is 0.207. The van der Waals surface area contributed by atoms with Gasteiger partial charge >= 0.3 is 0 Å². The summed E-state index contributed by atoms with van der Waals surface area (Å²) in [6, 6.07) is 6.93. The van der Waals surface area contributed by atoms with E-state index in [1.54, 1.807) is 0 Å². The van der Waals surface area contributed by atoms with Gasteiger partial charge in [-0.2, -0.15) is 0 Å². The first-order chi connectivity index (χ1) is 9.47. The van der Waals surface area contributed by atoms with Crippen LogP contribution in [0.3, 0.4) is 0 Å². The maximum Gasteiger partial charge on any atom is 0.0377 e. The number of nitrogens with zero attached hydrogens (tertiary/aromatic N) is 1. The Labute approximate surface area is 131 Å². The highest BCUT2D eigenvalue weighted by atomic mass is 79.9. The number of halogens is 1.